The maximum atomic E-state index is 12.8. The van der Waals surface area contributed by atoms with Crippen molar-refractivity contribution in [1.82, 2.24) is 14.3 Å². The van der Waals surface area contributed by atoms with E-state index in [9.17, 15) is 13.2 Å². The standard InChI is InChI=1S/C23H28N4O3S2/c1-3-14-27(15-4-2)32(29,30)20-10-7-18(8-11-20)9-12-22(28)26-23-25-21(17-31-23)19-6-5-13-24-16-19/h5-8,10-11,13,16-17H,3-4,9,12,14-15H2,1-2H3,(H,25,26,28). The Balaban J connectivity index is 1.56. The zero-order valence-electron chi connectivity index (χ0n) is 18.3. The summed E-state index contributed by atoms with van der Waals surface area (Å²) in [5.74, 6) is -0.133. The van der Waals surface area contributed by atoms with E-state index in [2.05, 4.69) is 15.3 Å². The second-order valence-electron chi connectivity index (χ2n) is 7.38. The molecule has 1 N–H and O–H groups in total. The molecule has 0 aliphatic heterocycles. The van der Waals surface area contributed by atoms with Crippen molar-refractivity contribution in [3.05, 3.63) is 59.7 Å². The van der Waals surface area contributed by atoms with Gasteiger partial charge in [-0.05, 0) is 49.1 Å². The Hall–Kier alpha value is -2.62. The van der Waals surface area contributed by atoms with Gasteiger partial charge in [-0.2, -0.15) is 4.31 Å². The molecule has 2 aromatic heterocycles. The van der Waals surface area contributed by atoms with Crippen LogP contribution in [0.25, 0.3) is 11.3 Å². The fourth-order valence-electron chi connectivity index (χ4n) is 3.25. The van der Waals surface area contributed by atoms with Crippen LogP contribution in [0.2, 0.25) is 0 Å². The minimum absolute atomic E-state index is 0.133. The molecule has 0 aliphatic carbocycles. The predicted octanol–water partition coefficient (Wildman–Crippen LogP) is 4.59. The number of nitrogens with zero attached hydrogens (tertiary/aromatic N) is 3. The molecule has 32 heavy (non-hydrogen) atoms. The van der Waals surface area contributed by atoms with Gasteiger partial charge in [-0.15, -0.1) is 11.3 Å². The Labute approximate surface area is 193 Å². The molecular formula is C23H28N4O3S2. The van der Waals surface area contributed by atoms with Crippen LogP contribution < -0.4 is 5.32 Å². The lowest BCUT2D eigenvalue weighted by Gasteiger charge is -2.21. The van der Waals surface area contributed by atoms with E-state index in [1.54, 1.807) is 36.7 Å². The van der Waals surface area contributed by atoms with Crippen LogP contribution in [0.15, 0.2) is 59.1 Å². The van der Waals surface area contributed by atoms with E-state index in [-0.39, 0.29) is 12.3 Å². The molecule has 0 saturated carbocycles. The summed E-state index contributed by atoms with van der Waals surface area (Å²) in [5.41, 5.74) is 2.58. The lowest BCUT2D eigenvalue weighted by Crippen LogP contribution is -2.32. The number of amides is 1. The first-order valence-corrected chi connectivity index (χ1v) is 13.0. The third-order valence-electron chi connectivity index (χ3n) is 4.86. The SMILES string of the molecule is CCCN(CCC)S(=O)(=O)c1ccc(CCC(=O)Nc2nc(-c3cccnc3)cs2)cc1. The number of carbonyl (C=O) groups excluding carboxylic acids is 1. The molecule has 0 unspecified atom stereocenters. The molecule has 0 fully saturated rings. The molecule has 0 atom stereocenters. The van der Waals surface area contributed by atoms with Gasteiger partial charge >= 0.3 is 0 Å². The number of aryl methyl sites for hydroxylation is 1. The van der Waals surface area contributed by atoms with E-state index in [0.717, 1.165) is 29.7 Å². The number of nitrogens with one attached hydrogen (secondary N) is 1. The number of hydrogen-bond acceptors (Lipinski definition) is 6. The zero-order valence-corrected chi connectivity index (χ0v) is 20.0. The second-order valence-corrected chi connectivity index (χ2v) is 10.2. The summed E-state index contributed by atoms with van der Waals surface area (Å²) in [4.78, 5) is 21.1. The van der Waals surface area contributed by atoms with Crippen LogP contribution in [0, 0.1) is 0 Å². The number of carbonyl (C=O) groups is 1. The molecule has 9 heteroatoms. The molecule has 7 nitrogen and oxygen atoms in total. The van der Waals surface area contributed by atoms with Gasteiger partial charge in [0.2, 0.25) is 15.9 Å². The Morgan fingerprint density at radius 1 is 1.09 bits per heavy atom. The fourth-order valence-corrected chi connectivity index (χ4v) is 5.61. The van der Waals surface area contributed by atoms with Crippen molar-refractivity contribution in [2.24, 2.45) is 0 Å². The Bertz CT molecular complexity index is 1110. The Morgan fingerprint density at radius 2 is 1.81 bits per heavy atom. The molecule has 2 heterocycles. The van der Waals surface area contributed by atoms with Crippen LogP contribution in [-0.2, 0) is 21.2 Å². The third kappa shape index (κ3) is 6.21. The molecule has 1 amide bonds. The average Bonchev–Trinajstić information content (AvgIpc) is 3.27. The van der Waals surface area contributed by atoms with Crippen molar-refractivity contribution < 1.29 is 13.2 Å². The summed E-state index contributed by atoms with van der Waals surface area (Å²) in [5, 5.41) is 5.25. The number of sulfonamides is 1. The van der Waals surface area contributed by atoms with Crippen molar-refractivity contribution >= 4 is 32.4 Å². The average molecular weight is 473 g/mol. The highest BCUT2D eigenvalue weighted by Crippen LogP contribution is 2.24. The van der Waals surface area contributed by atoms with Gasteiger partial charge in [0.25, 0.3) is 0 Å². The van der Waals surface area contributed by atoms with Gasteiger partial charge in [-0.3, -0.25) is 9.78 Å². The second kappa shape index (κ2) is 11.3. The lowest BCUT2D eigenvalue weighted by molar-refractivity contribution is -0.116. The van der Waals surface area contributed by atoms with Crippen molar-refractivity contribution in [2.45, 2.75) is 44.4 Å². The van der Waals surface area contributed by atoms with Gasteiger partial charge in [0.15, 0.2) is 5.13 Å². The van der Waals surface area contributed by atoms with E-state index in [1.807, 2.05) is 31.4 Å². The van der Waals surface area contributed by atoms with Gasteiger partial charge in [-0.25, -0.2) is 13.4 Å². The molecule has 0 spiro atoms. The van der Waals surface area contributed by atoms with Crippen LogP contribution in [0.1, 0.15) is 38.7 Å². The number of rotatable bonds is 11. The lowest BCUT2D eigenvalue weighted by atomic mass is 10.1. The zero-order chi connectivity index (χ0) is 23.0. The normalized spacial score (nSPS) is 11.6. The molecular weight excluding hydrogens is 444 g/mol. The van der Waals surface area contributed by atoms with Gasteiger partial charge in [0.05, 0.1) is 10.6 Å². The molecule has 1 aromatic carbocycles. The highest BCUT2D eigenvalue weighted by atomic mass is 32.2. The summed E-state index contributed by atoms with van der Waals surface area (Å²) >= 11 is 1.37. The first-order chi connectivity index (χ1) is 15.4. The summed E-state index contributed by atoms with van der Waals surface area (Å²) in [6.07, 6.45) is 5.78. The summed E-state index contributed by atoms with van der Waals surface area (Å²) in [6.45, 7) is 4.96. The number of benzene rings is 1. The van der Waals surface area contributed by atoms with E-state index >= 15 is 0 Å². The predicted molar refractivity (Wildman–Crippen MR) is 128 cm³/mol. The third-order valence-corrected chi connectivity index (χ3v) is 7.53. The van der Waals surface area contributed by atoms with Crippen molar-refractivity contribution in [3.8, 4) is 11.3 Å². The monoisotopic (exact) mass is 472 g/mol. The highest BCUT2D eigenvalue weighted by molar-refractivity contribution is 7.89. The number of anilines is 1. The minimum atomic E-state index is -3.49. The van der Waals surface area contributed by atoms with Crippen molar-refractivity contribution in [2.75, 3.05) is 18.4 Å². The molecule has 3 aromatic rings. The number of pyridine rings is 1. The first-order valence-electron chi connectivity index (χ1n) is 10.7. The molecule has 170 valence electrons. The van der Waals surface area contributed by atoms with Crippen LogP contribution in [0.5, 0.6) is 0 Å². The fraction of sp³-hybridized carbons (Fsp3) is 0.348. The molecule has 0 saturated heterocycles. The molecule has 0 aliphatic rings. The summed E-state index contributed by atoms with van der Waals surface area (Å²) in [6, 6.07) is 10.6. The summed E-state index contributed by atoms with van der Waals surface area (Å²) < 4.78 is 27.2. The topological polar surface area (TPSA) is 92.3 Å². The van der Waals surface area contributed by atoms with E-state index in [1.165, 1.54) is 15.6 Å². The highest BCUT2D eigenvalue weighted by Gasteiger charge is 2.22. The van der Waals surface area contributed by atoms with E-state index in [0.29, 0.717) is 29.5 Å². The smallest absolute Gasteiger partial charge is 0.243 e. The molecule has 3 rings (SSSR count). The van der Waals surface area contributed by atoms with Crippen LogP contribution >= 0.6 is 11.3 Å². The van der Waals surface area contributed by atoms with Gasteiger partial charge in [0.1, 0.15) is 0 Å². The molecule has 0 radical (unpaired) electrons. The van der Waals surface area contributed by atoms with Crippen LogP contribution in [0.3, 0.4) is 0 Å². The molecule has 0 bridgehead atoms. The number of hydrogen-bond donors (Lipinski definition) is 1. The van der Waals surface area contributed by atoms with Gasteiger partial charge < -0.3 is 5.32 Å². The number of aromatic nitrogens is 2. The minimum Gasteiger partial charge on any atom is -0.302 e. The Kier molecular flexibility index (Phi) is 8.49. The maximum Gasteiger partial charge on any atom is 0.243 e. The quantitative estimate of drug-likeness (QED) is 0.441. The van der Waals surface area contributed by atoms with E-state index in [4.69, 9.17) is 0 Å². The van der Waals surface area contributed by atoms with E-state index < -0.39 is 10.0 Å². The van der Waals surface area contributed by atoms with Crippen molar-refractivity contribution in [3.63, 3.8) is 0 Å². The van der Waals surface area contributed by atoms with Crippen LogP contribution in [-0.4, -0.2) is 41.7 Å². The van der Waals surface area contributed by atoms with Crippen molar-refractivity contribution in [1.29, 1.82) is 0 Å². The number of thiazole rings is 1. The summed E-state index contributed by atoms with van der Waals surface area (Å²) in [7, 11) is -3.49. The Morgan fingerprint density at radius 3 is 2.44 bits per heavy atom. The van der Waals surface area contributed by atoms with Gasteiger partial charge in [-0.1, -0.05) is 26.0 Å². The largest absolute Gasteiger partial charge is 0.302 e. The van der Waals surface area contributed by atoms with Gasteiger partial charge in [0, 0.05) is 42.8 Å². The first kappa shape index (κ1) is 24.0. The maximum absolute atomic E-state index is 12.8. The van der Waals surface area contributed by atoms with Crippen LogP contribution in [0.4, 0.5) is 5.13 Å².